The Balaban J connectivity index is 2.02. The van der Waals surface area contributed by atoms with Crippen molar-refractivity contribution in [1.29, 1.82) is 0 Å². The van der Waals surface area contributed by atoms with Crippen molar-refractivity contribution in [2.45, 2.75) is 6.04 Å². The Kier molecular flexibility index (Phi) is 2.93. The molecular weight excluding hydrogens is 270 g/mol. The van der Waals surface area contributed by atoms with Crippen molar-refractivity contribution in [3.63, 3.8) is 0 Å². The molecule has 102 valence electrons. The lowest BCUT2D eigenvalue weighted by molar-refractivity contribution is 0.267. The van der Waals surface area contributed by atoms with Crippen molar-refractivity contribution in [2.24, 2.45) is 5.14 Å². The highest BCUT2D eigenvalue weighted by Crippen LogP contribution is 2.22. The molecule has 1 fully saturated rings. The molecule has 1 saturated heterocycles. The molecule has 4 N–H and O–H groups in total. The van der Waals surface area contributed by atoms with Crippen LogP contribution in [0.4, 0.5) is 0 Å². The second-order valence-corrected chi connectivity index (χ2v) is 5.74. The molecule has 2 aromatic rings. The lowest BCUT2D eigenvalue weighted by atomic mass is 10.2. The van der Waals surface area contributed by atoms with Gasteiger partial charge in [-0.1, -0.05) is 0 Å². The van der Waals surface area contributed by atoms with Crippen LogP contribution in [-0.2, 0) is 10.2 Å². The van der Waals surface area contributed by atoms with E-state index in [1.54, 1.807) is 0 Å². The van der Waals surface area contributed by atoms with Crippen LogP contribution in [0.15, 0.2) is 12.5 Å². The quantitative estimate of drug-likeness (QED) is 0.615. The van der Waals surface area contributed by atoms with Crippen molar-refractivity contribution in [2.75, 3.05) is 19.6 Å². The zero-order chi connectivity index (χ0) is 13.5. The SMILES string of the molecule is NS(=O)(=O)N1CCNCC1c1cnc2nc[nH]c2n1. The van der Waals surface area contributed by atoms with E-state index in [0.29, 0.717) is 36.6 Å². The maximum absolute atomic E-state index is 11.6. The summed E-state index contributed by atoms with van der Waals surface area (Å²) in [5, 5.41) is 8.35. The van der Waals surface area contributed by atoms with Gasteiger partial charge in [-0.3, -0.25) is 0 Å². The third-order valence-corrected chi connectivity index (χ3v) is 4.11. The predicted molar refractivity (Wildman–Crippen MR) is 67.1 cm³/mol. The average Bonchev–Trinajstić information content (AvgIpc) is 2.85. The average molecular weight is 283 g/mol. The number of aromatic nitrogens is 4. The van der Waals surface area contributed by atoms with Gasteiger partial charge >= 0.3 is 0 Å². The highest BCUT2D eigenvalue weighted by atomic mass is 32.2. The number of hydrogen-bond acceptors (Lipinski definition) is 6. The van der Waals surface area contributed by atoms with Gasteiger partial charge in [-0.05, 0) is 0 Å². The van der Waals surface area contributed by atoms with Crippen molar-refractivity contribution in [1.82, 2.24) is 29.6 Å². The summed E-state index contributed by atoms with van der Waals surface area (Å²) in [6, 6.07) is -0.455. The smallest absolute Gasteiger partial charge is 0.277 e. The third-order valence-electron chi connectivity index (χ3n) is 3.02. The van der Waals surface area contributed by atoms with Gasteiger partial charge < -0.3 is 10.3 Å². The molecule has 10 heteroatoms. The predicted octanol–water partition coefficient (Wildman–Crippen LogP) is -1.50. The van der Waals surface area contributed by atoms with Gasteiger partial charge in [0.15, 0.2) is 11.3 Å². The van der Waals surface area contributed by atoms with Crippen molar-refractivity contribution in [3.8, 4) is 0 Å². The highest BCUT2D eigenvalue weighted by molar-refractivity contribution is 7.86. The molecular formula is C9H13N7O2S. The molecule has 9 nitrogen and oxygen atoms in total. The van der Waals surface area contributed by atoms with Gasteiger partial charge in [0.2, 0.25) is 0 Å². The van der Waals surface area contributed by atoms with Crippen molar-refractivity contribution >= 4 is 21.5 Å². The van der Waals surface area contributed by atoms with Gasteiger partial charge in [0, 0.05) is 19.6 Å². The van der Waals surface area contributed by atoms with Crippen LogP contribution in [-0.4, -0.2) is 52.3 Å². The van der Waals surface area contributed by atoms with Crippen molar-refractivity contribution < 1.29 is 8.42 Å². The fourth-order valence-corrected chi connectivity index (χ4v) is 3.03. The Hall–Kier alpha value is -1.62. The molecule has 3 heterocycles. The second kappa shape index (κ2) is 4.49. The molecule has 0 radical (unpaired) electrons. The first-order valence-corrected chi connectivity index (χ1v) is 7.22. The van der Waals surface area contributed by atoms with Gasteiger partial charge in [-0.15, -0.1) is 0 Å². The summed E-state index contributed by atoms with van der Waals surface area (Å²) in [6.07, 6.45) is 3.02. The first kappa shape index (κ1) is 12.4. The van der Waals surface area contributed by atoms with E-state index < -0.39 is 16.3 Å². The third kappa shape index (κ3) is 2.30. The number of nitrogens with one attached hydrogen (secondary N) is 2. The van der Waals surface area contributed by atoms with E-state index in [1.165, 1.54) is 16.8 Å². The van der Waals surface area contributed by atoms with Crippen LogP contribution in [0.1, 0.15) is 11.7 Å². The Bertz CT molecular complexity index is 697. The molecule has 3 rings (SSSR count). The number of piperazine rings is 1. The van der Waals surface area contributed by atoms with E-state index in [1.807, 2.05) is 0 Å². The molecule has 0 aliphatic carbocycles. The molecule has 1 aliphatic rings. The van der Waals surface area contributed by atoms with Crippen LogP contribution in [0.5, 0.6) is 0 Å². The van der Waals surface area contributed by atoms with E-state index in [0.717, 1.165) is 0 Å². The Morgan fingerprint density at radius 2 is 2.26 bits per heavy atom. The van der Waals surface area contributed by atoms with E-state index >= 15 is 0 Å². The van der Waals surface area contributed by atoms with Crippen LogP contribution < -0.4 is 10.5 Å². The van der Waals surface area contributed by atoms with E-state index in [9.17, 15) is 8.42 Å². The number of hydrogen-bond donors (Lipinski definition) is 3. The van der Waals surface area contributed by atoms with E-state index in [2.05, 4.69) is 25.3 Å². The first-order chi connectivity index (χ1) is 9.05. The normalized spacial score (nSPS) is 21.8. The summed E-state index contributed by atoms with van der Waals surface area (Å²) in [5.41, 5.74) is 1.56. The minimum absolute atomic E-state index is 0.312. The number of H-pyrrole nitrogens is 1. The van der Waals surface area contributed by atoms with Crippen LogP contribution >= 0.6 is 0 Å². The van der Waals surface area contributed by atoms with Crippen molar-refractivity contribution in [3.05, 3.63) is 18.2 Å². The Morgan fingerprint density at radius 3 is 3.05 bits per heavy atom. The summed E-state index contributed by atoms with van der Waals surface area (Å²) in [7, 11) is -3.76. The Morgan fingerprint density at radius 1 is 1.42 bits per heavy atom. The molecule has 0 aromatic carbocycles. The zero-order valence-electron chi connectivity index (χ0n) is 9.94. The summed E-state index contributed by atoms with van der Waals surface area (Å²) >= 11 is 0. The molecule has 19 heavy (non-hydrogen) atoms. The first-order valence-electron chi connectivity index (χ1n) is 5.72. The molecule has 1 atom stereocenters. The maximum atomic E-state index is 11.6. The summed E-state index contributed by atoms with van der Waals surface area (Å²) < 4.78 is 24.4. The molecule has 0 bridgehead atoms. The zero-order valence-corrected chi connectivity index (χ0v) is 10.8. The minimum atomic E-state index is -3.76. The fourth-order valence-electron chi connectivity index (χ4n) is 2.15. The molecule has 2 aromatic heterocycles. The van der Waals surface area contributed by atoms with Crippen LogP contribution in [0.3, 0.4) is 0 Å². The number of nitrogens with two attached hydrogens (primary N) is 1. The van der Waals surface area contributed by atoms with Crippen LogP contribution in [0, 0.1) is 0 Å². The minimum Gasteiger partial charge on any atom is -0.328 e. The van der Waals surface area contributed by atoms with E-state index in [-0.39, 0.29) is 0 Å². The van der Waals surface area contributed by atoms with Crippen LogP contribution in [0.2, 0.25) is 0 Å². The number of imidazole rings is 1. The molecule has 0 saturated carbocycles. The largest absolute Gasteiger partial charge is 0.328 e. The second-order valence-electron chi connectivity index (χ2n) is 4.25. The number of aromatic amines is 1. The highest BCUT2D eigenvalue weighted by Gasteiger charge is 2.32. The molecule has 1 aliphatic heterocycles. The fraction of sp³-hybridized carbons (Fsp3) is 0.444. The van der Waals surface area contributed by atoms with Gasteiger partial charge in [0.25, 0.3) is 10.2 Å². The van der Waals surface area contributed by atoms with Crippen LogP contribution in [0.25, 0.3) is 11.3 Å². The molecule has 1 unspecified atom stereocenters. The standard InChI is InChI=1S/C9H13N7O2S/c10-19(17,18)16-2-1-11-4-7(16)6-3-12-8-9(15-6)14-5-13-8/h3,5,7,11H,1-2,4H2,(H2,10,17,18)(H,12,13,14,15). The van der Waals surface area contributed by atoms with Gasteiger partial charge in [0.1, 0.15) is 0 Å². The van der Waals surface area contributed by atoms with Gasteiger partial charge in [0.05, 0.1) is 24.3 Å². The summed E-state index contributed by atoms with van der Waals surface area (Å²) in [6.45, 7) is 1.32. The summed E-state index contributed by atoms with van der Waals surface area (Å²) in [5.74, 6) is 0. The lowest BCUT2D eigenvalue weighted by Gasteiger charge is -2.32. The molecule has 0 amide bonds. The number of nitrogens with zero attached hydrogens (tertiary/aromatic N) is 4. The Labute approximate surface area is 109 Å². The topological polar surface area (TPSA) is 130 Å². The summed E-state index contributed by atoms with van der Waals surface area (Å²) in [4.78, 5) is 15.3. The lowest BCUT2D eigenvalue weighted by Crippen LogP contribution is -2.51. The monoisotopic (exact) mass is 283 g/mol. The number of rotatable bonds is 2. The van der Waals surface area contributed by atoms with Gasteiger partial charge in [-0.2, -0.15) is 12.7 Å². The molecule has 0 spiro atoms. The van der Waals surface area contributed by atoms with E-state index in [4.69, 9.17) is 5.14 Å². The van der Waals surface area contributed by atoms with Gasteiger partial charge in [-0.25, -0.2) is 20.1 Å². The maximum Gasteiger partial charge on any atom is 0.277 e. The number of fused-ring (bicyclic) bond motifs is 1.